The molecule has 21 heavy (non-hydrogen) atoms. The minimum Gasteiger partial charge on any atom is -0.493 e. The zero-order chi connectivity index (χ0) is 15.0. The smallest absolute Gasteiger partial charge is 0.227 e. The summed E-state index contributed by atoms with van der Waals surface area (Å²) in [6, 6.07) is 6.28. The molecule has 4 nitrogen and oxygen atoms in total. The number of piperidine rings is 1. The Morgan fingerprint density at radius 3 is 3.05 bits per heavy atom. The fourth-order valence-corrected chi connectivity index (χ4v) is 3.22. The fraction of sp³-hybridized carbons (Fsp3) is 0.588. The Morgan fingerprint density at radius 1 is 1.48 bits per heavy atom. The Hall–Kier alpha value is -1.55. The van der Waals surface area contributed by atoms with Crippen LogP contribution in [-0.4, -0.2) is 36.5 Å². The molecule has 2 heterocycles. The SMILES string of the molecule is CC1(C)CN(C(=O)Cc2ccc3c(c2)CCO3)CCC1N. The summed E-state index contributed by atoms with van der Waals surface area (Å²) >= 11 is 0. The number of hydrogen-bond acceptors (Lipinski definition) is 3. The highest BCUT2D eigenvalue weighted by Crippen LogP contribution is 2.29. The van der Waals surface area contributed by atoms with Crippen LogP contribution in [0.1, 0.15) is 31.4 Å². The molecule has 114 valence electrons. The molecule has 0 bridgehead atoms. The van der Waals surface area contributed by atoms with Crippen LogP contribution in [0, 0.1) is 5.41 Å². The van der Waals surface area contributed by atoms with Crippen LogP contribution in [0.3, 0.4) is 0 Å². The number of rotatable bonds is 2. The molecule has 2 aliphatic rings. The highest BCUT2D eigenvalue weighted by atomic mass is 16.5. The summed E-state index contributed by atoms with van der Waals surface area (Å²) in [5, 5.41) is 0. The van der Waals surface area contributed by atoms with Crippen molar-refractivity contribution >= 4 is 5.91 Å². The quantitative estimate of drug-likeness (QED) is 0.902. The van der Waals surface area contributed by atoms with Crippen LogP contribution in [0.5, 0.6) is 5.75 Å². The van der Waals surface area contributed by atoms with Crippen LogP contribution in [0.15, 0.2) is 18.2 Å². The van der Waals surface area contributed by atoms with Gasteiger partial charge >= 0.3 is 0 Å². The lowest BCUT2D eigenvalue weighted by atomic mass is 9.79. The summed E-state index contributed by atoms with van der Waals surface area (Å²) in [5.41, 5.74) is 8.44. The van der Waals surface area contributed by atoms with Crippen molar-refractivity contribution in [2.24, 2.45) is 11.1 Å². The molecule has 2 aliphatic heterocycles. The molecule has 1 saturated heterocycles. The molecular formula is C17H24N2O2. The fourth-order valence-electron chi connectivity index (χ4n) is 3.22. The Labute approximate surface area is 126 Å². The van der Waals surface area contributed by atoms with Crippen molar-refractivity contribution in [3.63, 3.8) is 0 Å². The second-order valence-electron chi connectivity index (χ2n) is 6.92. The van der Waals surface area contributed by atoms with E-state index < -0.39 is 0 Å². The van der Waals surface area contributed by atoms with E-state index in [-0.39, 0.29) is 17.4 Å². The summed E-state index contributed by atoms with van der Waals surface area (Å²) in [4.78, 5) is 14.5. The number of fused-ring (bicyclic) bond motifs is 1. The third kappa shape index (κ3) is 2.91. The first-order valence-corrected chi connectivity index (χ1v) is 7.74. The first kappa shape index (κ1) is 14.4. The molecule has 0 aromatic heterocycles. The van der Waals surface area contributed by atoms with E-state index in [9.17, 15) is 4.79 Å². The number of nitrogens with zero attached hydrogens (tertiary/aromatic N) is 1. The number of carbonyl (C=O) groups is 1. The van der Waals surface area contributed by atoms with Crippen LogP contribution in [0.2, 0.25) is 0 Å². The highest BCUT2D eigenvalue weighted by Gasteiger charge is 2.35. The topological polar surface area (TPSA) is 55.6 Å². The van der Waals surface area contributed by atoms with Crippen LogP contribution in [0.25, 0.3) is 0 Å². The van der Waals surface area contributed by atoms with Crippen LogP contribution >= 0.6 is 0 Å². The molecule has 0 radical (unpaired) electrons. The average molecular weight is 288 g/mol. The number of carbonyl (C=O) groups excluding carboxylic acids is 1. The summed E-state index contributed by atoms with van der Waals surface area (Å²) in [5.74, 6) is 1.17. The van der Waals surface area contributed by atoms with Gasteiger partial charge in [0, 0.05) is 25.6 Å². The van der Waals surface area contributed by atoms with Crippen molar-refractivity contribution in [2.45, 2.75) is 39.2 Å². The second kappa shape index (κ2) is 5.34. The van der Waals surface area contributed by atoms with E-state index in [0.29, 0.717) is 6.42 Å². The van der Waals surface area contributed by atoms with Gasteiger partial charge in [0.25, 0.3) is 0 Å². The lowest BCUT2D eigenvalue weighted by molar-refractivity contribution is -0.133. The second-order valence-corrected chi connectivity index (χ2v) is 6.92. The van der Waals surface area contributed by atoms with Gasteiger partial charge in [-0.15, -0.1) is 0 Å². The summed E-state index contributed by atoms with van der Waals surface area (Å²) in [6.07, 6.45) is 2.30. The lowest BCUT2D eigenvalue weighted by Gasteiger charge is -2.42. The van der Waals surface area contributed by atoms with E-state index in [1.54, 1.807) is 0 Å². The van der Waals surface area contributed by atoms with Crippen molar-refractivity contribution < 1.29 is 9.53 Å². The maximum atomic E-state index is 12.5. The third-order valence-corrected chi connectivity index (χ3v) is 4.77. The van der Waals surface area contributed by atoms with E-state index in [1.165, 1.54) is 5.56 Å². The van der Waals surface area contributed by atoms with Gasteiger partial charge in [-0.1, -0.05) is 26.0 Å². The van der Waals surface area contributed by atoms with E-state index in [2.05, 4.69) is 19.9 Å². The summed E-state index contributed by atoms with van der Waals surface area (Å²) in [7, 11) is 0. The van der Waals surface area contributed by atoms with E-state index in [4.69, 9.17) is 10.5 Å². The number of nitrogens with two attached hydrogens (primary N) is 1. The van der Waals surface area contributed by atoms with E-state index in [0.717, 1.165) is 43.9 Å². The normalized spacial score (nSPS) is 23.6. The first-order chi connectivity index (χ1) is 9.95. The van der Waals surface area contributed by atoms with Crippen LogP contribution in [-0.2, 0) is 17.6 Å². The van der Waals surface area contributed by atoms with E-state index in [1.807, 2.05) is 17.0 Å². The van der Waals surface area contributed by atoms with Crippen molar-refractivity contribution in [3.8, 4) is 5.75 Å². The lowest BCUT2D eigenvalue weighted by Crippen LogP contribution is -2.54. The highest BCUT2D eigenvalue weighted by molar-refractivity contribution is 5.79. The van der Waals surface area contributed by atoms with Crippen molar-refractivity contribution in [2.75, 3.05) is 19.7 Å². The Bertz CT molecular complexity index is 554. The molecular weight excluding hydrogens is 264 g/mol. The first-order valence-electron chi connectivity index (χ1n) is 7.74. The predicted molar refractivity (Wildman–Crippen MR) is 82.3 cm³/mol. The molecule has 4 heteroatoms. The molecule has 1 unspecified atom stereocenters. The molecule has 1 aromatic carbocycles. The maximum absolute atomic E-state index is 12.5. The number of benzene rings is 1. The predicted octanol–water partition coefficient (Wildman–Crippen LogP) is 1.75. The van der Waals surface area contributed by atoms with Crippen molar-refractivity contribution in [1.82, 2.24) is 4.90 Å². The van der Waals surface area contributed by atoms with Crippen LogP contribution in [0.4, 0.5) is 0 Å². The molecule has 1 amide bonds. The maximum Gasteiger partial charge on any atom is 0.227 e. The van der Waals surface area contributed by atoms with Gasteiger partial charge in [0.05, 0.1) is 13.0 Å². The number of amides is 1. The van der Waals surface area contributed by atoms with Gasteiger partial charge < -0.3 is 15.4 Å². The van der Waals surface area contributed by atoms with Gasteiger partial charge in [-0.25, -0.2) is 0 Å². The number of hydrogen-bond donors (Lipinski definition) is 1. The summed E-state index contributed by atoms with van der Waals surface area (Å²) < 4.78 is 5.50. The molecule has 2 N–H and O–H groups in total. The molecule has 1 aromatic rings. The molecule has 3 rings (SSSR count). The monoisotopic (exact) mass is 288 g/mol. The minimum absolute atomic E-state index is 0.000313. The molecule has 1 fully saturated rings. The van der Waals surface area contributed by atoms with Crippen molar-refractivity contribution in [1.29, 1.82) is 0 Å². The standard InChI is InChI=1S/C17H24N2O2/c1-17(2)11-19(7-5-15(17)18)16(20)10-12-3-4-14-13(9-12)6-8-21-14/h3-4,9,15H,5-8,10-11,18H2,1-2H3. The minimum atomic E-state index is -0.000313. The Kier molecular flexibility index (Phi) is 3.66. The van der Waals surface area contributed by atoms with Gasteiger partial charge in [0.2, 0.25) is 5.91 Å². The van der Waals surface area contributed by atoms with Gasteiger partial charge in [0.15, 0.2) is 0 Å². The van der Waals surface area contributed by atoms with Gasteiger partial charge in [0.1, 0.15) is 5.75 Å². The van der Waals surface area contributed by atoms with E-state index >= 15 is 0 Å². The third-order valence-electron chi connectivity index (χ3n) is 4.77. The van der Waals surface area contributed by atoms with Crippen molar-refractivity contribution in [3.05, 3.63) is 29.3 Å². The molecule has 0 aliphatic carbocycles. The van der Waals surface area contributed by atoms with Gasteiger partial charge in [-0.05, 0) is 29.0 Å². The number of likely N-dealkylation sites (tertiary alicyclic amines) is 1. The Balaban J connectivity index is 1.66. The molecule has 0 spiro atoms. The van der Waals surface area contributed by atoms with Gasteiger partial charge in [-0.3, -0.25) is 4.79 Å². The zero-order valence-electron chi connectivity index (χ0n) is 12.9. The number of ether oxygens (including phenoxy) is 1. The van der Waals surface area contributed by atoms with Crippen LogP contribution < -0.4 is 10.5 Å². The summed E-state index contributed by atoms with van der Waals surface area (Å²) in [6.45, 7) is 6.57. The van der Waals surface area contributed by atoms with Gasteiger partial charge in [-0.2, -0.15) is 0 Å². The molecule has 1 atom stereocenters. The Morgan fingerprint density at radius 2 is 2.29 bits per heavy atom. The molecule has 0 saturated carbocycles. The largest absolute Gasteiger partial charge is 0.493 e. The average Bonchev–Trinajstić information content (AvgIpc) is 2.89. The zero-order valence-corrected chi connectivity index (χ0v) is 12.9.